The minimum absolute atomic E-state index is 0.0328. The predicted molar refractivity (Wildman–Crippen MR) is 75.8 cm³/mol. The molecule has 1 saturated heterocycles. The van der Waals surface area contributed by atoms with Crippen molar-refractivity contribution in [2.45, 2.75) is 33.0 Å². The summed E-state index contributed by atoms with van der Waals surface area (Å²) in [5.74, 6) is 0. The van der Waals surface area contributed by atoms with Crippen LogP contribution in [-0.2, 0) is 4.74 Å². The number of nitrogens with one attached hydrogen (secondary N) is 1. The fourth-order valence-corrected chi connectivity index (χ4v) is 2.11. The van der Waals surface area contributed by atoms with E-state index in [1.54, 1.807) is 0 Å². The molecule has 18 heavy (non-hydrogen) atoms. The predicted octanol–water partition coefficient (Wildman–Crippen LogP) is 2.79. The minimum Gasteiger partial charge on any atom is -0.378 e. The highest BCUT2D eigenvalue weighted by molar-refractivity contribution is 5.46. The van der Waals surface area contributed by atoms with Gasteiger partial charge in [0.2, 0.25) is 0 Å². The molecule has 1 aromatic carbocycles. The highest BCUT2D eigenvalue weighted by Gasteiger charge is 2.33. The summed E-state index contributed by atoms with van der Waals surface area (Å²) in [4.78, 5) is 2.10. The third-order valence-electron chi connectivity index (χ3n) is 3.54. The normalized spacial score (nSPS) is 24.3. The lowest BCUT2D eigenvalue weighted by atomic mass is 9.87. The average Bonchev–Trinajstić information content (AvgIpc) is 2.78. The molecule has 0 unspecified atom stereocenters. The van der Waals surface area contributed by atoms with Crippen molar-refractivity contribution in [3.8, 4) is 0 Å². The van der Waals surface area contributed by atoms with Gasteiger partial charge in [0.15, 0.2) is 0 Å². The van der Waals surface area contributed by atoms with Gasteiger partial charge in [0, 0.05) is 25.8 Å². The van der Waals surface area contributed by atoms with Gasteiger partial charge in [0.1, 0.15) is 6.23 Å². The Labute approximate surface area is 110 Å². The van der Waals surface area contributed by atoms with Crippen molar-refractivity contribution in [1.29, 1.82) is 0 Å². The Hall–Kier alpha value is -1.06. The van der Waals surface area contributed by atoms with E-state index in [1.807, 2.05) is 0 Å². The fourth-order valence-electron chi connectivity index (χ4n) is 2.11. The van der Waals surface area contributed by atoms with Gasteiger partial charge >= 0.3 is 0 Å². The Bertz CT molecular complexity index is 392. The summed E-state index contributed by atoms with van der Waals surface area (Å²) in [6.45, 7) is 7.51. The van der Waals surface area contributed by atoms with Crippen LogP contribution in [0.1, 0.15) is 32.6 Å². The van der Waals surface area contributed by atoms with E-state index in [4.69, 9.17) is 4.74 Å². The third-order valence-corrected chi connectivity index (χ3v) is 3.54. The molecule has 0 bridgehead atoms. The van der Waals surface area contributed by atoms with Crippen molar-refractivity contribution in [2.24, 2.45) is 5.41 Å². The van der Waals surface area contributed by atoms with E-state index in [0.29, 0.717) is 6.04 Å². The van der Waals surface area contributed by atoms with E-state index in [2.05, 4.69) is 69.3 Å². The van der Waals surface area contributed by atoms with E-state index in [9.17, 15) is 0 Å². The van der Waals surface area contributed by atoms with Crippen LogP contribution in [0.2, 0.25) is 0 Å². The zero-order chi connectivity index (χ0) is 13.3. The molecule has 1 aliphatic rings. The number of nitrogens with zero attached hydrogens (tertiary/aromatic N) is 1. The number of ether oxygens (including phenoxy) is 1. The summed E-state index contributed by atoms with van der Waals surface area (Å²) in [6.07, 6.45) is 0.0328. The van der Waals surface area contributed by atoms with E-state index in [1.165, 1.54) is 11.3 Å². The first-order valence-electron chi connectivity index (χ1n) is 6.53. The van der Waals surface area contributed by atoms with Crippen molar-refractivity contribution in [3.63, 3.8) is 0 Å². The van der Waals surface area contributed by atoms with Gasteiger partial charge in [-0.15, -0.1) is 0 Å². The van der Waals surface area contributed by atoms with Crippen LogP contribution >= 0.6 is 0 Å². The molecule has 1 N–H and O–H groups in total. The second-order valence-electron chi connectivity index (χ2n) is 6.28. The quantitative estimate of drug-likeness (QED) is 0.871. The maximum absolute atomic E-state index is 5.85. The fraction of sp³-hybridized carbons (Fsp3) is 0.600. The molecule has 1 fully saturated rings. The van der Waals surface area contributed by atoms with Crippen molar-refractivity contribution in [2.75, 3.05) is 25.6 Å². The van der Waals surface area contributed by atoms with Gasteiger partial charge in [-0.05, 0) is 23.1 Å². The molecule has 2 rings (SSSR count). The van der Waals surface area contributed by atoms with Gasteiger partial charge in [-0.25, -0.2) is 0 Å². The molecular formula is C15H24N2O. The van der Waals surface area contributed by atoms with E-state index < -0.39 is 0 Å². The van der Waals surface area contributed by atoms with Crippen molar-refractivity contribution in [1.82, 2.24) is 5.32 Å². The Morgan fingerprint density at radius 1 is 1.17 bits per heavy atom. The molecule has 100 valence electrons. The SMILES string of the molecule is CN(C)c1ccc([C@H]2N[C@@H](C(C)(C)C)CO2)cc1. The van der Waals surface area contributed by atoms with Crippen LogP contribution in [0.25, 0.3) is 0 Å². The van der Waals surface area contributed by atoms with Crippen LogP contribution in [0.3, 0.4) is 0 Å². The summed E-state index contributed by atoms with van der Waals surface area (Å²) < 4.78 is 5.85. The molecule has 1 heterocycles. The van der Waals surface area contributed by atoms with Crippen molar-refractivity contribution in [3.05, 3.63) is 29.8 Å². The Morgan fingerprint density at radius 2 is 1.78 bits per heavy atom. The van der Waals surface area contributed by atoms with Crippen LogP contribution in [0.15, 0.2) is 24.3 Å². The molecule has 0 aromatic heterocycles. The lowest BCUT2D eigenvalue weighted by Gasteiger charge is -2.26. The summed E-state index contributed by atoms with van der Waals surface area (Å²) >= 11 is 0. The van der Waals surface area contributed by atoms with Crippen molar-refractivity contribution < 1.29 is 4.74 Å². The molecule has 3 nitrogen and oxygen atoms in total. The molecule has 0 spiro atoms. The first-order valence-corrected chi connectivity index (χ1v) is 6.53. The molecule has 0 aliphatic carbocycles. The van der Waals surface area contributed by atoms with Crippen LogP contribution in [0, 0.1) is 5.41 Å². The summed E-state index contributed by atoms with van der Waals surface area (Å²) in [5, 5.41) is 3.56. The largest absolute Gasteiger partial charge is 0.378 e. The Balaban J connectivity index is 2.05. The molecule has 1 aromatic rings. The molecule has 0 amide bonds. The smallest absolute Gasteiger partial charge is 0.134 e. The zero-order valence-corrected chi connectivity index (χ0v) is 12.0. The number of hydrogen-bond acceptors (Lipinski definition) is 3. The highest BCUT2D eigenvalue weighted by Crippen LogP contribution is 2.30. The zero-order valence-electron chi connectivity index (χ0n) is 12.0. The maximum Gasteiger partial charge on any atom is 0.134 e. The van der Waals surface area contributed by atoms with Gasteiger partial charge < -0.3 is 9.64 Å². The molecule has 0 saturated carbocycles. The van der Waals surface area contributed by atoms with E-state index in [0.717, 1.165) is 6.61 Å². The topological polar surface area (TPSA) is 24.5 Å². The van der Waals surface area contributed by atoms with Crippen LogP contribution in [0.4, 0.5) is 5.69 Å². The van der Waals surface area contributed by atoms with Gasteiger partial charge in [-0.1, -0.05) is 32.9 Å². The highest BCUT2D eigenvalue weighted by atomic mass is 16.5. The summed E-state index contributed by atoms with van der Waals surface area (Å²) in [5.41, 5.74) is 2.65. The average molecular weight is 248 g/mol. The number of hydrogen-bond donors (Lipinski definition) is 1. The lowest BCUT2D eigenvalue weighted by Crippen LogP contribution is -2.37. The van der Waals surface area contributed by atoms with Crippen LogP contribution in [0.5, 0.6) is 0 Å². The van der Waals surface area contributed by atoms with Crippen LogP contribution in [-0.4, -0.2) is 26.7 Å². The van der Waals surface area contributed by atoms with E-state index in [-0.39, 0.29) is 11.6 Å². The minimum atomic E-state index is 0.0328. The number of benzene rings is 1. The standard InChI is InChI=1S/C15H24N2O/c1-15(2,3)13-10-18-14(16-13)11-6-8-12(9-7-11)17(4)5/h6-9,13-14,16H,10H2,1-5H3/t13-,14+/m1/s1. The van der Waals surface area contributed by atoms with Gasteiger partial charge in [0.25, 0.3) is 0 Å². The van der Waals surface area contributed by atoms with Gasteiger partial charge in [-0.3, -0.25) is 5.32 Å². The molecular weight excluding hydrogens is 224 g/mol. The first-order chi connectivity index (χ1) is 8.38. The van der Waals surface area contributed by atoms with Gasteiger partial charge in [0.05, 0.1) is 6.61 Å². The van der Waals surface area contributed by atoms with Crippen molar-refractivity contribution >= 4 is 5.69 Å². The third kappa shape index (κ3) is 2.85. The molecule has 0 radical (unpaired) electrons. The Kier molecular flexibility index (Phi) is 3.64. The second-order valence-corrected chi connectivity index (χ2v) is 6.28. The van der Waals surface area contributed by atoms with Gasteiger partial charge in [-0.2, -0.15) is 0 Å². The van der Waals surface area contributed by atoms with Crippen LogP contribution < -0.4 is 10.2 Å². The second kappa shape index (κ2) is 4.90. The maximum atomic E-state index is 5.85. The number of anilines is 1. The van der Waals surface area contributed by atoms with E-state index >= 15 is 0 Å². The summed E-state index contributed by atoms with van der Waals surface area (Å²) in [7, 11) is 4.10. The molecule has 2 atom stereocenters. The molecule has 1 aliphatic heterocycles. The Morgan fingerprint density at radius 3 is 2.22 bits per heavy atom. The number of rotatable bonds is 2. The summed E-state index contributed by atoms with van der Waals surface area (Å²) in [6, 6.07) is 8.95. The molecule has 3 heteroatoms. The first kappa shape index (κ1) is 13.4. The lowest BCUT2D eigenvalue weighted by molar-refractivity contribution is 0.0983. The monoisotopic (exact) mass is 248 g/mol.